The molecule has 1 atom stereocenters. The Labute approximate surface area is 121 Å². The fraction of sp³-hybridized carbons (Fsp3) is 0.500. The van der Waals surface area contributed by atoms with Crippen LogP contribution in [-0.4, -0.2) is 36.3 Å². The molecule has 112 valence electrons. The molecular weight excluding hydrogens is 254 g/mol. The topological polar surface area (TPSA) is 52.9 Å². The number of ether oxygens (including phenoxy) is 1. The van der Waals surface area contributed by atoms with Crippen LogP contribution in [0.25, 0.3) is 0 Å². The zero-order chi connectivity index (χ0) is 15.4. The lowest BCUT2D eigenvalue weighted by atomic mass is 9.94. The van der Waals surface area contributed by atoms with Gasteiger partial charge in [0.05, 0.1) is 13.2 Å². The highest BCUT2D eigenvalue weighted by Gasteiger charge is 2.20. The fourth-order valence-corrected chi connectivity index (χ4v) is 2.30. The van der Waals surface area contributed by atoms with Gasteiger partial charge in [0.2, 0.25) is 0 Å². The number of phenols is 1. The van der Waals surface area contributed by atoms with Crippen molar-refractivity contribution >= 4 is 0 Å². The first kappa shape index (κ1) is 16.5. The van der Waals surface area contributed by atoms with E-state index < -0.39 is 6.10 Å². The van der Waals surface area contributed by atoms with Crippen molar-refractivity contribution in [3.63, 3.8) is 0 Å². The molecule has 0 aliphatic rings. The van der Waals surface area contributed by atoms with E-state index >= 15 is 0 Å². The van der Waals surface area contributed by atoms with Gasteiger partial charge in [0.15, 0.2) is 11.5 Å². The van der Waals surface area contributed by atoms with Crippen LogP contribution in [-0.2, 0) is 6.54 Å². The Morgan fingerprint density at radius 3 is 2.45 bits per heavy atom. The Kier molecular flexibility index (Phi) is 5.60. The molecule has 0 aliphatic carbocycles. The van der Waals surface area contributed by atoms with Gasteiger partial charge >= 0.3 is 0 Å². The molecule has 0 radical (unpaired) electrons. The molecule has 0 saturated heterocycles. The molecule has 0 fully saturated rings. The highest BCUT2D eigenvalue weighted by atomic mass is 16.5. The number of methoxy groups -OCH3 is 1. The van der Waals surface area contributed by atoms with Gasteiger partial charge in [-0.25, -0.2) is 0 Å². The maximum Gasteiger partial charge on any atom is 0.161 e. The zero-order valence-electron chi connectivity index (χ0n) is 13.2. The Morgan fingerprint density at radius 2 is 2.00 bits per heavy atom. The summed E-state index contributed by atoms with van der Waals surface area (Å²) in [6, 6.07) is 1.79. The van der Waals surface area contributed by atoms with Gasteiger partial charge in [-0.1, -0.05) is 11.6 Å². The zero-order valence-corrected chi connectivity index (χ0v) is 13.2. The number of aliphatic hydroxyl groups excluding tert-OH is 1. The van der Waals surface area contributed by atoms with Crippen LogP contribution in [0.5, 0.6) is 11.5 Å². The largest absolute Gasteiger partial charge is 0.504 e. The van der Waals surface area contributed by atoms with Crippen LogP contribution in [0, 0.1) is 6.92 Å². The van der Waals surface area contributed by atoms with Crippen LogP contribution in [0.2, 0.25) is 0 Å². The van der Waals surface area contributed by atoms with Crippen molar-refractivity contribution in [1.82, 2.24) is 4.90 Å². The Balaban J connectivity index is 3.45. The second kappa shape index (κ2) is 6.77. The molecule has 0 bridgehead atoms. The number of phenolic OH excluding ortho intramolecular Hbond substituents is 1. The molecule has 0 amide bonds. The van der Waals surface area contributed by atoms with Gasteiger partial charge < -0.3 is 19.8 Å². The third-order valence-corrected chi connectivity index (χ3v) is 3.14. The number of rotatable bonds is 5. The second-order valence-corrected chi connectivity index (χ2v) is 5.55. The lowest BCUT2D eigenvalue weighted by Crippen LogP contribution is -2.14. The summed E-state index contributed by atoms with van der Waals surface area (Å²) in [5.41, 5.74) is 3.39. The number of aliphatic hydroxyl groups is 1. The third-order valence-electron chi connectivity index (χ3n) is 3.14. The highest BCUT2D eigenvalue weighted by Crippen LogP contribution is 2.38. The van der Waals surface area contributed by atoms with Crippen LogP contribution < -0.4 is 4.74 Å². The smallest absolute Gasteiger partial charge is 0.161 e. The molecule has 1 aromatic carbocycles. The van der Waals surface area contributed by atoms with Crippen molar-refractivity contribution in [2.75, 3.05) is 21.2 Å². The molecule has 4 heteroatoms. The van der Waals surface area contributed by atoms with Crippen molar-refractivity contribution in [3.8, 4) is 11.5 Å². The van der Waals surface area contributed by atoms with Gasteiger partial charge in [-0.05, 0) is 52.1 Å². The summed E-state index contributed by atoms with van der Waals surface area (Å²) in [5.74, 6) is 0.527. The van der Waals surface area contributed by atoms with Crippen LogP contribution in [0.15, 0.2) is 17.7 Å². The summed E-state index contributed by atoms with van der Waals surface area (Å²) in [7, 11) is 5.46. The quantitative estimate of drug-likeness (QED) is 0.814. The molecule has 4 nitrogen and oxygen atoms in total. The summed E-state index contributed by atoms with van der Waals surface area (Å²) in [4.78, 5) is 2.02. The average molecular weight is 279 g/mol. The molecule has 20 heavy (non-hydrogen) atoms. The first-order valence-corrected chi connectivity index (χ1v) is 6.65. The van der Waals surface area contributed by atoms with E-state index in [4.69, 9.17) is 4.74 Å². The Morgan fingerprint density at radius 1 is 1.40 bits per heavy atom. The molecule has 2 N–H and O–H groups in total. The van der Waals surface area contributed by atoms with Crippen molar-refractivity contribution in [3.05, 3.63) is 34.4 Å². The van der Waals surface area contributed by atoms with E-state index in [0.29, 0.717) is 17.9 Å². The normalized spacial score (nSPS) is 12.4. The van der Waals surface area contributed by atoms with Crippen molar-refractivity contribution in [2.45, 2.75) is 33.4 Å². The number of aromatic hydroxyl groups is 1. The van der Waals surface area contributed by atoms with E-state index in [0.717, 1.165) is 16.7 Å². The van der Waals surface area contributed by atoms with Gasteiger partial charge in [-0.2, -0.15) is 0 Å². The SMILES string of the molecule is COc1cc(CN(C)C)c(C(O)C=C(C)C)c(C)c1O. The Hall–Kier alpha value is -1.52. The van der Waals surface area contributed by atoms with E-state index in [9.17, 15) is 10.2 Å². The van der Waals surface area contributed by atoms with Crippen LogP contribution in [0.1, 0.15) is 36.6 Å². The van der Waals surface area contributed by atoms with Gasteiger partial charge in [0.25, 0.3) is 0 Å². The molecule has 0 aliphatic heterocycles. The summed E-state index contributed by atoms with van der Waals surface area (Å²) in [6.07, 6.45) is 1.06. The first-order valence-electron chi connectivity index (χ1n) is 6.65. The maximum atomic E-state index is 10.4. The van der Waals surface area contributed by atoms with Crippen LogP contribution >= 0.6 is 0 Å². The minimum absolute atomic E-state index is 0.0891. The maximum absolute atomic E-state index is 10.4. The summed E-state index contributed by atoms with van der Waals surface area (Å²) < 4.78 is 5.20. The fourth-order valence-electron chi connectivity index (χ4n) is 2.30. The molecule has 0 aromatic heterocycles. The molecule has 1 aromatic rings. The van der Waals surface area contributed by atoms with Gasteiger partial charge in [-0.3, -0.25) is 0 Å². The van der Waals surface area contributed by atoms with Crippen LogP contribution in [0.4, 0.5) is 0 Å². The van der Waals surface area contributed by atoms with E-state index in [1.807, 2.05) is 32.8 Å². The standard InChI is InChI=1S/C16H25NO3/c1-10(2)7-13(18)15-11(3)16(19)14(20-6)8-12(15)9-17(4)5/h7-8,13,18-19H,9H2,1-6H3. The van der Waals surface area contributed by atoms with Crippen molar-refractivity contribution < 1.29 is 14.9 Å². The van der Waals surface area contributed by atoms with Crippen LogP contribution in [0.3, 0.4) is 0 Å². The van der Waals surface area contributed by atoms with E-state index in [2.05, 4.69) is 0 Å². The molecule has 1 rings (SSSR count). The predicted octanol–water partition coefficient (Wildman–Crippen LogP) is 2.77. The Bertz CT molecular complexity index is 503. The molecular formula is C16H25NO3. The highest BCUT2D eigenvalue weighted by molar-refractivity contribution is 5.54. The number of hydrogen-bond donors (Lipinski definition) is 2. The summed E-state index contributed by atoms with van der Waals surface area (Å²) in [6.45, 7) is 6.34. The first-order chi connectivity index (χ1) is 9.27. The minimum Gasteiger partial charge on any atom is -0.504 e. The summed E-state index contributed by atoms with van der Waals surface area (Å²) >= 11 is 0. The molecule has 1 unspecified atom stereocenters. The summed E-state index contributed by atoms with van der Waals surface area (Å²) in [5, 5.41) is 20.6. The number of nitrogens with zero attached hydrogens (tertiary/aromatic N) is 1. The second-order valence-electron chi connectivity index (χ2n) is 5.55. The van der Waals surface area contributed by atoms with Gasteiger partial charge in [0.1, 0.15) is 0 Å². The lowest BCUT2D eigenvalue weighted by Gasteiger charge is -2.21. The number of allylic oxidation sites excluding steroid dienone is 1. The molecule has 0 saturated carbocycles. The van der Waals surface area contributed by atoms with Gasteiger partial charge in [0, 0.05) is 12.1 Å². The number of benzene rings is 1. The predicted molar refractivity (Wildman–Crippen MR) is 81.2 cm³/mol. The van der Waals surface area contributed by atoms with Crippen molar-refractivity contribution in [2.24, 2.45) is 0 Å². The van der Waals surface area contributed by atoms with E-state index in [-0.39, 0.29) is 5.75 Å². The minimum atomic E-state index is -0.730. The number of hydrogen-bond acceptors (Lipinski definition) is 4. The molecule has 0 spiro atoms. The van der Waals surface area contributed by atoms with E-state index in [1.54, 1.807) is 19.1 Å². The van der Waals surface area contributed by atoms with Crippen molar-refractivity contribution in [1.29, 1.82) is 0 Å². The van der Waals surface area contributed by atoms with Gasteiger partial charge in [-0.15, -0.1) is 0 Å². The molecule has 0 heterocycles. The average Bonchev–Trinajstić information content (AvgIpc) is 2.31. The monoisotopic (exact) mass is 279 g/mol. The lowest BCUT2D eigenvalue weighted by molar-refractivity contribution is 0.223. The van der Waals surface area contributed by atoms with E-state index in [1.165, 1.54) is 7.11 Å². The third kappa shape index (κ3) is 3.74.